The summed E-state index contributed by atoms with van der Waals surface area (Å²) < 4.78 is 10.8. The summed E-state index contributed by atoms with van der Waals surface area (Å²) in [4.78, 5) is 18.9. The minimum absolute atomic E-state index is 0.155. The summed E-state index contributed by atoms with van der Waals surface area (Å²) in [6, 6.07) is 7.97. The van der Waals surface area contributed by atoms with Crippen LogP contribution >= 0.6 is 0 Å². The molecule has 0 bridgehead atoms. The lowest BCUT2D eigenvalue weighted by atomic mass is 10.1. The molecule has 0 unspecified atom stereocenters. The largest absolute Gasteiger partial charge is 0.494 e. The van der Waals surface area contributed by atoms with Gasteiger partial charge in [0, 0.05) is 31.5 Å². The number of rotatable bonds is 7. The minimum Gasteiger partial charge on any atom is -0.494 e. The third-order valence-electron chi connectivity index (χ3n) is 5.21. The number of amides is 1. The van der Waals surface area contributed by atoms with Gasteiger partial charge in [-0.25, -0.2) is 0 Å². The van der Waals surface area contributed by atoms with Gasteiger partial charge in [0.1, 0.15) is 5.75 Å². The van der Waals surface area contributed by atoms with Crippen molar-refractivity contribution in [2.45, 2.75) is 64.3 Å². The second-order valence-electron chi connectivity index (χ2n) is 7.12. The molecule has 0 N–H and O–H groups in total. The van der Waals surface area contributed by atoms with Gasteiger partial charge >= 0.3 is 0 Å². The molecule has 1 aromatic carbocycles. The van der Waals surface area contributed by atoms with E-state index in [2.05, 4.69) is 10.1 Å². The van der Waals surface area contributed by atoms with Gasteiger partial charge in [0.05, 0.1) is 6.61 Å². The Morgan fingerprint density at radius 2 is 1.89 bits per heavy atom. The molecular formula is C21H29N3O3. The van der Waals surface area contributed by atoms with E-state index < -0.39 is 0 Å². The first-order valence-electron chi connectivity index (χ1n) is 9.99. The third kappa shape index (κ3) is 5.31. The lowest BCUT2D eigenvalue weighted by Gasteiger charge is -2.27. The van der Waals surface area contributed by atoms with Crippen molar-refractivity contribution in [2.24, 2.45) is 0 Å². The lowest BCUT2D eigenvalue weighted by molar-refractivity contribution is -0.132. The van der Waals surface area contributed by atoms with Crippen LogP contribution in [0.2, 0.25) is 0 Å². The molecule has 0 spiro atoms. The molecule has 0 atom stereocenters. The normalized spacial score (nSPS) is 15.3. The number of aryl methyl sites for hydroxylation is 1. The van der Waals surface area contributed by atoms with E-state index in [0.29, 0.717) is 37.2 Å². The van der Waals surface area contributed by atoms with Gasteiger partial charge < -0.3 is 14.2 Å². The molecule has 1 heterocycles. The zero-order chi connectivity index (χ0) is 19.1. The van der Waals surface area contributed by atoms with Crippen molar-refractivity contribution < 1.29 is 14.1 Å². The highest BCUT2D eigenvalue weighted by molar-refractivity contribution is 5.76. The zero-order valence-corrected chi connectivity index (χ0v) is 16.3. The molecule has 1 fully saturated rings. The molecule has 0 saturated heterocycles. The molecule has 3 rings (SSSR count). The van der Waals surface area contributed by atoms with E-state index >= 15 is 0 Å². The topological polar surface area (TPSA) is 68.5 Å². The Balaban J connectivity index is 1.53. The number of aromatic nitrogens is 2. The average molecular weight is 371 g/mol. The van der Waals surface area contributed by atoms with E-state index in [4.69, 9.17) is 9.26 Å². The smallest absolute Gasteiger partial charge is 0.227 e. The van der Waals surface area contributed by atoms with Crippen molar-refractivity contribution in [3.8, 4) is 17.1 Å². The molecule has 0 aliphatic heterocycles. The summed E-state index contributed by atoms with van der Waals surface area (Å²) >= 11 is 0. The van der Waals surface area contributed by atoms with Crippen LogP contribution in [0.1, 0.15) is 57.8 Å². The molecule has 1 amide bonds. The number of hydrogen-bond donors (Lipinski definition) is 0. The van der Waals surface area contributed by atoms with Crippen LogP contribution < -0.4 is 4.74 Å². The maximum atomic E-state index is 12.5. The second-order valence-corrected chi connectivity index (χ2v) is 7.12. The summed E-state index contributed by atoms with van der Waals surface area (Å²) in [6.45, 7) is 2.59. The van der Waals surface area contributed by atoms with Crippen molar-refractivity contribution in [3.63, 3.8) is 0 Å². The second kappa shape index (κ2) is 9.53. The highest BCUT2D eigenvalue weighted by Gasteiger charge is 2.21. The highest BCUT2D eigenvalue weighted by atomic mass is 16.5. The number of benzene rings is 1. The Bertz CT molecular complexity index is 719. The molecule has 6 heteroatoms. The lowest BCUT2D eigenvalue weighted by Crippen LogP contribution is -2.36. The first kappa shape index (κ1) is 19.4. The van der Waals surface area contributed by atoms with Crippen LogP contribution in [0.3, 0.4) is 0 Å². The van der Waals surface area contributed by atoms with E-state index in [1.54, 1.807) is 0 Å². The Morgan fingerprint density at radius 1 is 1.19 bits per heavy atom. The van der Waals surface area contributed by atoms with Crippen molar-refractivity contribution in [2.75, 3.05) is 13.7 Å². The summed E-state index contributed by atoms with van der Waals surface area (Å²) in [5.74, 6) is 2.01. The molecule has 0 radical (unpaired) electrons. The first-order valence-corrected chi connectivity index (χ1v) is 9.99. The van der Waals surface area contributed by atoms with Gasteiger partial charge in [-0.15, -0.1) is 0 Å². The zero-order valence-electron chi connectivity index (χ0n) is 16.3. The van der Waals surface area contributed by atoms with E-state index in [-0.39, 0.29) is 5.91 Å². The molecule has 1 aliphatic carbocycles. The van der Waals surface area contributed by atoms with Gasteiger partial charge in [0.2, 0.25) is 17.6 Å². The quantitative estimate of drug-likeness (QED) is 0.681. The Morgan fingerprint density at radius 3 is 2.56 bits per heavy atom. The summed E-state index contributed by atoms with van der Waals surface area (Å²) in [5.41, 5.74) is 0.871. The number of ether oxygens (including phenoxy) is 1. The maximum absolute atomic E-state index is 12.5. The van der Waals surface area contributed by atoms with E-state index in [1.807, 2.05) is 43.1 Å². The maximum Gasteiger partial charge on any atom is 0.227 e. The van der Waals surface area contributed by atoms with Crippen LogP contribution in [0.25, 0.3) is 11.4 Å². The molecule has 1 saturated carbocycles. The summed E-state index contributed by atoms with van der Waals surface area (Å²) in [5, 5.41) is 4.04. The van der Waals surface area contributed by atoms with Gasteiger partial charge in [-0.05, 0) is 44.0 Å². The van der Waals surface area contributed by atoms with Gasteiger partial charge in [-0.2, -0.15) is 4.98 Å². The van der Waals surface area contributed by atoms with E-state index in [9.17, 15) is 4.79 Å². The van der Waals surface area contributed by atoms with Crippen LogP contribution in [-0.2, 0) is 11.2 Å². The summed E-state index contributed by atoms with van der Waals surface area (Å²) in [6.07, 6.45) is 8.12. The molecule has 2 aromatic rings. The van der Waals surface area contributed by atoms with Gasteiger partial charge in [-0.1, -0.05) is 30.8 Å². The fourth-order valence-electron chi connectivity index (χ4n) is 3.58. The van der Waals surface area contributed by atoms with Crippen LogP contribution in [-0.4, -0.2) is 40.6 Å². The van der Waals surface area contributed by atoms with Crippen LogP contribution in [0.4, 0.5) is 0 Å². The van der Waals surface area contributed by atoms with Crippen LogP contribution in [0.5, 0.6) is 5.75 Å². The molecule has 27 heavy (non-hydrogen) atoms. The van der Waals surface area contributed by atoms with Crippen LogP contribution in [0, 0.1) is 0 Å². The van der Waals surface area contributed by atoms with Gasteiger partial charge in [0.15, 0.2) is 0 Å². The minimum atomic E-state index is 0.155. The number of carbonyl (C=O) groups excluding carboxylic acids is 1. The Hall–Kier alpha value is -2.37. The molecule has 146 valence electrons. The van der Waals surface area contributed by atoms with Crippen LogP contribution in [0.15, 0.2) is 28.8 Å². The van der Waals surface area contributed by atoms with Gasteiger partial charge in [-0.3, -0.25) is 4.79 Å². The standard InChI is InChI=1S/C21H29N3O3/c1-3-26-18-12-10-16(11-13-18)21-22-19(27-23-21)14-15-20(25)24(2)17-8-6-4-5-7-9-17/h10-13,17H,3-9,14-15H2,1-2H3. The SMILES string of the molecule is CCOc1ccc(-c2noc(CCC(=O)N(C)C3CCCCCC3)n2)cc1. The molecule has 1 aromatic heterocycles. The average Bonchev–Trinajstić information content (AvgIpc) is 2.99. The number of carbonyl (C=O) groups is 1. The van der Waals surface area contributed by atoms with Crippen molar-refractivity contribution in [1.82, 2.24) is 15.0 Å². The van der Waals surface area contributed by atoms with E-state index in [1.165, 1.54) is 25.7 Å². The molecular weight excluding hydrogens is 342 g/mol. The number of nitrogens with zero attached hydrogens (tertiary/aromatic N) is 3. The fraction of sp³-hybridized carbons (Fsp3) is 0.571. The Labute approximate surface area is 160 Å². The fourth-order valence-corrected chi connectivity index (χ4v) is 3.58. The third-order valence-corrected chi connectivity index (χ3v) is 5.21. The predicted molar refractivity (Wildman–Crippen MR) is 103 cm³/mol. The van der Waals surface area contributed by atoms with Crippen molar-refractivity contribution in [1.29, 1.82) is 0 Å². The number of hydrogen-bond acceptors (Lipinski definition) is 5. The monoisotopic (exact) mass is 371 g/mol. The van der Waals surface area contributed by atoms with E-state index in [0.717, 1.165) is 24.2 Å². The Kier molecular flexibility index (Phi) is 6.85. The first-order chi connectivity index (χ1) is 13.2. The molecule has 6 nitrogen and oxygen atoms in total. The molecule has 1 aliphatic rings. The van der Waals surface area contributed by atoms with Crippen molar-refractivity contribution >= 4 is 5.91 Å². The highest BCUT2D eigenvalue weighted by Crippen LogP contribution is 2.22. The predicted octanol–water partition coefficient (Wildman–Crippen LogP) is 4.25. The summed E-state index contributed by atoms with van der Waals surface area (Å²) in [7, 11) is 1.93. The van der Waals surface area contributed by atoms with Crippen molar-refractivity contribution in [3.05, 3.63) is 30.2 Å². The van der Waals surface area contributed by atoms with Gasteiger partial charge in [0.25, 0.3) is 0 Å².